The van der Waals surface area contributed by atoms with Gasteiger partial charge in [-0.25, -0.2) is 8.78 Å². The number of halogens is 9. The summed E-state index contributed by atoms with van der Waals surface area (Å²) in [6, 6.07) is 0.303. The monoisotopic (exact) mass is 412 g/mol. The molecule has 150 valence electrons. The van der Waals surface area contributed by atoms with E-state index in [4.69, 9.17) is 0 Å². The third-order valence-corrected chi connectivity index (χ3v) is 6.50. The van der Waals surface area contributed by atoms with Gasteiger partial charge in [-0.2, -0.15) is 13.2 Å². The fourth-order valence-corrected chi connectivity index (χ4v) is 4.27. The molecule has 0 saturated carbocycles. The van der Waals surface area contributed by atoms with Crippen molar-refractivity contribution in [1.82, 2.24) is 0 Å². The molecule has 0 saturated heterocycles. The number of rotatable bonds is 4. The lowest BCUT2D eigenvalue weighted by molar-refractivity contribution is -0.0716. The summed E-state index contributed by atoms with van der Waals surface area (Å²) in [5, 5.41) is 0. The van der Waals surface area contributed by atoms with Crippen LogP contribution in [0.25, 0.3) is 5.57 Å². The lowest BCUT2D eigenvalue weighted by Crippen LogP contribution is -2.34. The molecule has 1 aliphatic rings. The predicted octanol–water partition coefficient (Wildman–Crippen LogP) is 8.39. The van der Waals surface area contributed by atoms with Crippen LogP contribution in [0, 0.1) is 11.6 Å². The standard InChI is InChI=1S/C16H17F9S/c1-2-5-10-6-3-4-7-12(10)11-8-13(17)15(14(18)9-11)26(22,23,24,25)16(19,20)21/h8-9H,2-7H2,1H3. The summed E-state index contributed by atoms with van der Waals surface area (Å²) in [5.74, 6) is -5.19. The predicted molar refractivity (Wildman–Crippen MR) is 83.0 cm³/mol. The Morgan fingerprint density at radius 2 is 1.42 bits per heavy atom. The van der Waals surface area contributed by atoms with E-state index in [-0.39, 0.29) is 17.7 Å². The van der Waals surface area contributed by atoms with Crippen LogP contribution in [0.4, 0.5) is 37.5 Å². The van der Waals surface area contributed by atoms with E-state index in [1.54, 1.807) is 0 Å². The molecule has 0 fully saturated rings. The fraction of sp³-hybridized carbons (Fsp3) is 0.500. The van der Waals surface area contributed by atoms with Crippen molar-refractivity contribution in [2.45, 2.75) is 55.9 Å². The maximum Gasteiger partial charge on any atom is 0.510 e. The third kappa shape index (κ3) is 3.20. The van der Waals surface area contributed by atoms with Gasteiger partial charge in [0.05, 0.1) is 0 Å². The van der Waals surface area contributed by atoms with E-state index >= 15 is 0 Å². The largest absolute Gasteiger partial charge is 0.510 e. The van der Waals surface area contributed by atoms with Crippen molar-refractivity contribution in [3.8, 4) is 0 Å². The van der Waals surface area contributed by atoms with Gasteiger partial charge in [-0.1, -0.05) is 18.9 Å². The molecular formula is C16H17F9S. The Balaban J connectivity index is 2.71. The summed E-state index contributed by atoms with van der Waals surface area (Å²) >= 11 is 0. The molecular weight excluding hydrogens is 395 g/mol. The highest BCUT2D eigenvalue weighted by molar-refractivity contribution is 8.50. The topological polar surface area (TPSA) is 0 Å². The molecule has 0 bridgehead atoms. The van der Waals surface area contributed by atoms with Crippen molar-refractivity contribution in [2.75, 3.05) is 0 Å². The molecule has 0 aliphatic heterocycles. The van der Waals surface area contributed by atoms with E-state index in [0.717, 1.165) is 12.0 Å². The first-order valence-electron chi connectivity index (χ1n) is 7.89. The molecule has 0 aromatic heterocycles. The molecule has 0 atom stereocenters. The summed E-state index contributed by atoms with van der Waals surface area (Å²) < 4.78 is 119. The van der Waals surface area contributed by atoms with Crippen molar-refractivity contribution in [2.24, 2.45) is 0 Å². The molecule has 10 heteroatoms. The van der Waals surface area contributed by atoms with Gasteiger partial charge >= 0.3 is 5.51 Å². The van der Waals surface area contributed by atoms with Crippen LogP contribution >= 0.6 is 9.84 Å². The molecule has 0 heterocycles. The fourth-order valence-electron chi connectivity index (χ4n) is 3.14. The van der Waals surface area contributed by atoms with Crippen LogP contribution in [0.1, 0.15) is 51.0 Å². The molecule has 0 spiro atoms. The zero-order valence-electron chi connectivity index (χ0n) is 13.7. The second-order valence-electron chi connectivity index (χ2n) is 6.32. The second-order valence-corrected chi connectivity index (χ2v) is 9.33. The average molecular weight is 412 g/mol. The van der Waals surface area contributed by atoms with E-state index in [1.165, 1.54) is 0 Å². The van der Waals surface area contributed by atoms with Gasteiger partial charge in [0.1, 0.15) is 11.6 Å². The Hall–Kier alpha value is -1.32. The lowest BCUT2D eigenvalue weighted by atomic mass is 9.85. The van der Waals surface area contributed by atoms with E-state index in [0.29, 0.717) is 37.7 Å². The van der Waals surface area contributed by atoms with Crippen LogP contribution in [-0.2, 0) is 0 Å². The van der Waals surface area contributed by atoms with Gasteiger partial charge < -0.3 is 0 Å². The van der Waals surface area contributed by atoms with Crippen molar-refractivity contribution in [3.63, 3.8) is 0 Å². The Kier molecular flexibility index (Phi) is 4.71. The van der Waals surface area contributed by atoms with Crippen LogP contribution in [0.3, 0.4) is 0 Å². The molecule has 0 nitrogen and oxygen atoms in total. The van der Waals surface area contributed by atoms with Crippen LogP contribution in [0.2, 0.25) is 0 Å². The van der Waals surface area contributed by atoms with Crippen LogP contribution < -0.4 is 0 Å². The normalized spacial score (nSPS) is 19.3. The smallest absolute Gasteiger partial charge is 0.205 e. The first kappa shape index (κ1) is 21.0. The Morgan fingerprint density at radius 1 is 0.923 bits per heavy atom. The van der Waals surface area contributed by atoms with Gasteiger partial charge in [-0.15, -0.1) is 15.5 Å². The minimum Gasteiger partial charge on any atom is -0.205 e. The van der Waals surface area contributed by atoms with Gasteiger partial charge in [0.15, 0.2) is 4.90 Å². The van der Waals surface area contributed by atoms with Crippen molar-refractivity contribution in [1.29, 1.82) is 0 Å². The summed E-state index contributed by atoms with van der Waals surface area (Å²) in [7, 11) is -11.2. The Morgan fingerprint density at radius 3 is 1.88 bits per heavy atom. The summed E-state index contributed by atoms with van der Waals surface area (Å²) in [5.41, 5.74) is -6.46. The lowest BCUT2D eigenvalue weighted by Gasteiger charge is -2.50. The maximum absolute atomic E-state index is 14.0. The first-order chi connectivity index (χ1) is 11.6. The molecule has 1 aromatic rings. The summed E-state index contributed by atoms with van der Waals surface area (Å²) in [4.78, 5) is -3.49. The molecule has 0 radical (unpaired) electrons. The van der Waals surface area contributed by atoms with Crippen LogP contribution in [-0.4, -0.2) is 5.51 Å². The molecule has 0 unspecified atom stereocenters. The average Bonchev–Trinajstić information content (AvgIpc) is 2.44. The molecule has 1 aromatic carbocycles. The van der Waals surface area contributed by atoms with Crippen molar-refractivity contribution in [3.05, 3.63) is 34.9 Å². The molecule has 2 rings (SSSR count). The van der Waals surface area contributed by atoms with Gasteiger partial charge in [0, 0.05) is 0 Å². The van der Waals surface area contributed by atoms with E-state index in [2.05, 4.69) is 0 Å². The van der Waals surface area contributed by atoms with Crippen molar-refractivity contribution >= 4 is 15.4 Å². The minimum absolute atomic E-state index is 0.152. The van der Waals surface area contributed by atoms with Gasteiger partial charge in [0.25, 0.3) is 9.84 Å². The third-order valence-electron chi connectivity index (χ3n) is 4.36. The highest BCUT2D eigenvalue weighted by Gasteiger charge is 2.86. The van der Waals surface area contributed by atoms with E-state index in [1.807, 2.05) is 6.92 Å². The number of hydrogen-bond acceptors (Lipinski definition) is 0. The maximum atomic E-state index is 14.0. The Bertz CT molecular complexity index is 732. The number of hydrogen-bond donors (Lipinski definition) is 0. The number of alkyl halides is 3. The molecule has 26 heavy (non-hydrogen) atoms. The first-order valence-corrected chi connectivity index (χ1v) is 9.94. The summed E-state index contributed by atoms with van der Waals surface area (Å²) in [6.07, 6.45) is 3.62. The minimum atomic E-state index is -11.2. The zero-order chi connectivity index (χ0) is 20.0. The van der Waals surface area contributed by atoms with Crippen LogP contribution in [0.15, 0.2) is 22.6 Å². The van der Waals surface area contributed by atoms with Crippen LogP contribution in [0.5, 0.6) is 0 Å². The highest BCUT2D eigenvalue weighted by Crippen LogP contribution is 3.07. The van der Waals surface area contributed by atoms with Crippen molar-refractivity contribution < 1.29 is 37.5 Å². The van der Waals surface area contributed by atoms with Gasteiger partial charge in [-0.05, 0) is 55.4 Å². The zero-order valence-corrected chi connectivity index (χ0v) is 14.5. The van der Waals surface area contributed by atoms with Gasteiger partial charge in [-0.3, -0.25) is 0 Å². The second kappa shape index (κ2) is 5.84. The highest BCUT2D eigenvalue weighted by atomic mass is 32.5. The van der Waals surface area contributed by atoms with Gasteiger partial charge in [0.2, 0.25) is 0 Å². The molecule has 0 N–H and O–H groups in total. The van der Waals surface area contributed by atoms with E-state index in [9.17, 15) is 37.5 Å². The quantitative estimate of drug-likeness (QED) is 0.436. The molecule has 0 amide bonds. The number of benzene rings is 1. The SMILES string of the molecule is CCCC1=C(c2cc(F)c(S(F)(F)(F)(F)C(F)(F)F)c(F)c2)CCCC1. The molecule has 1 aliphatic carbocycles. The Labute approximate surface area is 144 Å². The van der Waals surface area contributed by atoms with E-state index < -0.39 is 31.9 Å². The number of allylic oxidation sites excluding steroid dienone is 2. The summed E-state index contributed by atoms with van der Waals surface area (Å²) in [6.45, 7) is 1.85.